The third-order valence-electron chi connectivity index (χ3n) is 3.41. The molecule has 0 amide bonds. The molecule has 1 aromatic carbocycles. The Kier molecular flexibility index (Phi) is 7.28. The van der Waals surface area contributed by atoms with Gasteiger partial charge in [0.25, 0.3) is 0 Å². The maximum Gasteiger partial charge on any atom is 0.117 e. The van der Waals surface area contributed by atoms with Crippen molar-refractivity contribution in [1.29, 1.82) is 5.26 Å². The van der Waals surface area contributed by atoms with Crippen molar-refractivity contribution in [2.75, 3.05) is 11.9 Å². The summed E-state index contributed by atoms with van der Waals surface area (Å²) in [6, 6.07) is 12.0. The van der Waals surface area contributed by atoms with E-state index in [1.807, 2.05) is 74.4 Å². The van der Waals surface area contributed by atoms with E-state index in [0.29, 0.717) is 5.70 Å². The van der Waals surface area contributed by atoms with Crippen molar-refractivity contribution in [2.24, 2.45) is 5.92 Å². The maximum absolute atomic E-state index is 10.2. The standard InChI is InChI=1S/C18H24N2O/c1-4-9-15(18(21)10-5-2)13-17(14-19)20(3)16-11-7-6-8-12-16/h4,6-9,11-13,15,18,21H,5,10H2,1-3H3/b9-4+,17-13-. The van der Waals surface area contributed by atoms with Gasteiger partial charge in [0.05, 0.1) is 6.10 Å². The third kappa shape index (κ3) is 5.09. The highest BCUT2D eigenvalue weighted by Gasteiger charge is 2.16. The highest BCUT2D eigenvalue weighted by atomic mass is 16.3. The molecule has 0 aliphatic rings. The summed E-state index contributed by atoms with van der Waals surface area (Å²) in [5.74, 6) is -0.143. The number of para-hydroxylation sites is 1. The van der Waals surface area contributed by atoms with Crippen LogP contribution in [-0.2, 0) is 0 Å². The van der Waals surface area contributed by atoms with E-state index < -0.39 is 6.10 Å². The lowest BCUT2D eigenvalue weighted by Gasteiger charge is -2.21. The Labute approximate surface area is 127 Å². The predicted molar refractivity (Wildman–Crippen MR) is 87.8 cm³/mol. The monoisotopic (exact) mass is 284 g/mol. The molecular weight excluding hydrogens is 260 g/mol. The van der Waals surface area contributed by atoms with Gasteiger partial charge < -0.3 is 10.0 Å². The minimum Gasteiger partial charge on any atom is -0.392 e. The van der Waals surface area contributed by atoms with Crippen molar-refractivity contribution in [2.45, 2.75) is 32.8 Å². The molecule has 0 aromatic heterocycles. The van der Waals surface area contributed by atoms with E-state index in [1.165, 1.54) is 0 Å². The number of anilines is 1. The van der Waals surface area contributed by atoms with Crippen molar-refractivity contribution in [1.82, 2.24) is 0 Å². The highest BCUT2D eigenvalue weighted by Crippen LogP contribution is 2.20. The minimum atomic E-state index is -0.460. The molecule has 2 unspecified atom stereocenters. The summed E-state index contributed by atoms with van der Waals surface area (Å²) in [6.07, 6.45) is 6.87. The fraction of sp³-hybridized carbons (Fsp3) is 0.389. The zero-order valence-electron chi connectivity index (χ0n) is 13.0. The van der Waals surface area contributed by atoms with Crippen molar-refractivity contribution >= 4 is 5.69 Å². The molecule has 0 bridgehead atoms. The van der Waals surface area contributed by atoms with Crippen LogP contribution in [0.1, 0.15) is 26.7 Å². The Balaban J connectivity index is 3.02. The van der Waals surface area contributed by atoms with Gasteiger partial charge in [0.2, 0.25) is 0 Å². The summed E-state index contributed by atoms with van der Waals surface area (Å²) in [4.78, 5) is 1.84. The fourth-order valence-corrected chi connectivity index (χ4v) is 2.20. The maximum atomic E-state index is 10.2. The van der Waals surface area contributed by atoms with E-state index in [9.17, 15) is 10.4 Å². The van der Waals surface area contributed by atoms with Crippen LogP contribution in [0.15, 0.2) is 54.3 Å². The molecule has 0 aliphatic carbocycles. The zero-order valence-corrected chi connectivity index (χ0v) is 13.0. The van der Waals surface area contributed by atoms with Crippen LogP contribution in [0, 0.1) is 17.2 Å². The van der Waals surface area contributed by atoms with Crippen LogP contribution in [0.2, 0.25) is 0 Å². The van der Waals surface area contributed by atoms with E-state index in [4.69, 9.17) is 0 Å². The Morgan fingerprint density at radius 1 is 1.38 bits per heavy atom. The number of rotatable bonds is 7. The molecular formula is C18H24N2O. The first-order valence-corrected chi connectivity index (χ1v) is 7.35. The highest BCUT2D eigenvalue weighted by molar-refractivity contribution is 5.54. The van der Waals surface area contributed by atoms with E-state index in [0.717, 1.165) is 18.5 Å². The van der Waals surface area contributed by atoms with Gasteiger partial charge in [0, 0.05) is 18.7 Å². The molecule has 21 heavy (non-hydrogen) atoms. The molecule has 0 spiro atoms. The van der Waals surface area contributed by atoms with Crippen LogP contribution in [-0.4, -0.2) is 18.3 Å². The van der Waals surface area contributed by atoms with Gasteiger partial charge in [-0.05, 0) is 31.6 Å². The summed E-state index contributed by atoms with van der Waals surface area (Å²) in [5.41, 5.74) is 1.49. The van der Waals surface area contributed by atoms with Crippen LogP contribution in [0.3, 0.4) is 0 Å². The average molecular weight is 284 g/mol. The van der Waals surface area contributed by atoms with E-state index >= 15 is 0 Å². The van der Waals surface area contributed by atoms with Gasteiger partial charge in [-0.15, -0.1) is 0 Å². The molecule has 3 nitrogen and oxygen atoms in total. The van der Waals surface area contributed by atoms with Crippen molar-refractivity contribution < 1.29 is 5.11 Å². The lowest BCUT2D eigenvalue weighted by atomic mass is 9.96. The number of hydrogen-bond donors (Lipinski definition) is 1. The summed E-state index contributed by atoms with van der Waals surface area (Å²) >= 11 is 0. The Bertz CT molecular complexity index is 514. The van der Waals surface area contributed by atoms with Crippen molar-refractivity contribution in [3.05, 3.63) is 54.3 Å². The second-order valence-corrected chi connectivity index (χ2v) is 5.02. The van der Waals surface area contributed by atoms with Crippen LogP contribution >= 0.6 is 0 Å². The molecule has 1 rings (SSSR count). The van der Waals surface area contributed by atoms with Gasteiger partial charge >= 0.3 is 0 Å². The summed E-state index contributed by atoms with van der Waals surface area (Å²) in [5, 5.41) is 19.6. The first-order valence-electron chi connectivity index (χ1n) is 7.35. The summed E-state index contributed by atoms with van der Waals surface area (Å²) in [6.45, 7) is 3.97. The normalized spacial score (nSPS) is 14.7. The molecule has 112 valence electrons. The fourth-order valence-electron chi connectivity index (χ4n) is 2.20. The number of hydrogen-bond acceptors (Lipinski definition) is 3. The van der Waals surface area contributed by atoms with Gasteiger partial charge in [0.15, 0.2) is 0 Å². The quantitative estimate of drug-likeness (QED) is 0.610. The second kappa shape index (κ2) is 8.99. The minimum absolute atomic E-state index is 0.143. The second-order valence-electron chi connectivity index (χ2n) is 5.02. The lowest BCUT2D eigenvalue weighted by Crippen LogP contribution is -2.21. The summed E-state index contributed by atoms with van der Waals surface area (Å²) < 4.78 is 0. The number of aliphatic hydroxyl groups excluding tert-OH is 1. The van der Waals surface area contributed by atoms with Gasteiger partial charge in [0.1, 0.15) is 11.8 Å². The number of nitriles is 1. The van der Waals surface area contributed by atoms with E-state index in [1.54, 1.807) is 0 Å². The van der Waals surface area contributed by atoms with Crippen LogP contribution < -0.4 is 4.90 Å². The van der Waals surface area contributed by atoms with E-state index in [-0.39, 0.29) is 5.92 Å². The molecule has 1 N–H and O–H groups in total. The molecule has 3 heteroatoms. The lowest BCUT2D eigenvalue weighted by molar-refractivity contribution is 0.138. The SMILES string of the molecule is C/C=C/C(/C=C(/C#N)N(C)c1ccccc1)C(O)CCC. The van der Waals surface area contributed by atoms with Gasteiger partial charge in [-0.1, -0.05) is 43.7 Å². The zero-order chi connectivity index (χ0) is 15.7. The largest absolute Gasteiger partial charge is 0.392 e. The summed E-state index contributed by atoms with van der Waals surface area (Å²) in [7, 11) is 1.86. The van der Waals surface area contributed by atoms with Gasteiger partial charge in [-0.2, -0.15) is 5.26 Å². The molecule has 0 radical (unpaired) electrons. The molecule has 2 atom stereocenters. The smallest absolute Gasteiger partial charge is 0.117 e. The molecule has 0 aliphatic heterocycles. The average Bonchev–Trinajstić information content (AvgIpc) is 2.51. The molecule has 1 aromatic rings. The first kappa shape index (κ1) is 17.0. The predicted octanol–water partition coefficient (Wildman–Crippen LogP) is 3.88. The van der Waals surface area contributed by atoms with Crippen LogP contribution in [0.25, 0.3) is 0 Å². The number of benzene rings is 1. The number of nitrogens with zero attached hydrogens (tertiary/aromatic N) is 2. The Morgan fingerprint density at radius 2 is 2.05 bits per heavy atom. The number of aliphatic hydroxyl groups is 1. The van der Waals surface area contributed by atoms with Crippen molar-refractivity contribution in [3.63, 3.8) is 0 Å². The van der Waals surface area contributed by atoms with Crippen LogP contribution in [0.5, 0.6) is 0 Å². The molecule has 0 fully saturated rings. The van der Waals surface area contributed by atoms with Crippen LogP contribution in [0.4, 0.5) is 5.69 Å². The topological polar surface area (TPSA) is 47.3 Å². The molecule has 0 heterocycles. The Morgan fingerprint density at radius 3 is 2.57 bits per heavy atom. The van der Waals surface area contributed by atoms with Gasteiger partial charge in [-0.25, -0.2) is 0 Å². The third-order valence-corrected chi connectivity index (χ3v) is 3.41. The van der Waals surface area contributed by atoms with Gasteiger partial charge in [-0.3, -0.25) is 0 Å². The molecule has 0 saturated carbocycles. The Hall–Kier alpha value is -2.05. The van der Waals surface area contributed by atoms with Crippen molar-refractivity contribution in [3.8, 4) is 6.07 Å². The van der Waals surface area contributed by atoms with E-state index in [2.05, 4.69) is 6.07 Å². The molecule has 0 saturated heterocycles. The first-order chi connectivity index (χ1) is 10.1. The number of allylic oxidation sites excluding steroid dienone is 2.